The first-order chi connectivity index (χ1) is 22.4. The van der Waals surface area contributed by atoms with Gasteiger partial charge in [-0.25, -0.2) is 19.0 Å². The highest BCUT2D eigenvalue weighted by Crippen LogP contribution is 2.13. The molecule has 4 aromatic rings. The Morgan fingerprint density at radius 1 is 0.609 bits per heavy atom. The first-order valence-electron chi connectivity index (χ1n) is 15.3. The number of nitrogens with one attached hydrogen (secondary N) is 2. The highest BCUT2D eigenvalue weighted by molar-refractivity contribution is 6.03. The molecule has 0 atom stereocenters. The van der Waals surface area contributed by atoms with Crippen LogP contribution in [-0.2, 0) is 22.6 Å². The fraction of sp³-hybridized carbons (Fsp3) is 0.375. The Morgan fingerprint density at radius 3 is 1.37 bits per heavy atom. The van der Waals surface area contributed by atoms with E-state index in [9.17, 15) is 19.2 Å². The van der Waals surface area contributed by atoms with Crippen LogP contribution < -0.4 is 10.6 Å². The zero-order valence-corrected chi connectivity index (χ0v) is 26.0. The van der Waals surface area contributed by atoms with Crippen LogP contribution in [0.4, 0.5) is 0 Å². The number of carbonyl (C=O) groups excluding carboxylic acids is 4. The van der Waals surface area contributed by atoms with E-state index in [1.807, 2.05) is 60.7 Å². The van der Waals surface area contributed by atoms with Gasteiger partial charge >= 0.3 is 11.9 Å². The van der Waals surface area contributed by atoms with Gasteiger partial charge in [0.1, 0.15) is 0 Å². The molecule has 0 unspecified atom stereocenters. The zero-order valence-electron chi connectivity index (χ0n) is 26.0. The van der Waals surface area contributed by atoms with Crippen molar-refractivity contribution in [3.05, 3.63) is 94.6 Å². The number of unbranched alkanes of at least 4 members (excludes halogenated alkanes) is 3. The summed E-state index contributed by atoms with van der Waals surface area (Å²) in [6.07, 6.45) is 2.92. The Bertz CT molecular complexity index is 1480. The second-order valence-electron chi connectivity index (χ2n) is 10.2. The summed E-state index contributed by atoms with van der Waals surface area (Å²) in [5.74, 6) is -2.34. The number of hydrogen-bond acceptors (Lipinski definition) is 10. The van der Waals surface area contributed by atoms with Crippen LogP contribution in [0, 0.1) is 0 Å². The van der Waals surface area contributed by atoms with E-state index in [2.05, 4.69) is 31.3 Å². The fourth-order valence-corrected chi connectivity index (χ4v) is 4.66. The van der Waals surface area contributed by atoms with Crippen LogP contribution in [0.15, 0.2) is 60.7 Å². The molecule has 14 nitrogen and oxygen atoms in total. The number of aromatic nitrogens is 6. The van der Waals surface area contributed by atoms with Gasteiger partial charge in [0, 0.05) is 13.1 Å². The average molecular weight is 631 g/mol. The smallest absolute Gasteiger partial charge is 0.361 e. The van der Waals surface area contributed by atoms with Crippen LogP contribution in [0.2, 0.25) is 0 Å². The quantitative estimate of drug-likeness (QED) is 0.130. The second-order valence-corrected chi connectivity index (χ2v) is 10.2. The molecule has 0 saturated carbocycles. The van der Waals surface area contributed by atoms with Crippen LogP contribution >= 0.6 is 0 Å². The highest BCUT2D eigenvalue weighted by atomic mass is 16.5. The van der Waals surface area contributed by atoms with Crippen LogP contribution in [0.1, 0.15) is 92.6 Å². The molecule has 4 rings (SSSR count). The maximum absolute atomic E-state index is 13.1. The van der Waals surface area contributed by atoms with Crippen molar-refractivity contribution in [1.82, 2.24) is 40.6 Å². The molecule has 2 aromatic heterocycles. The topological polar surface area (TPSA) is 172 Å². The molecule has 0 aliphatic rings. The van der Waals surface area contributed by atoms with E-state index in [4.69, 9.17) is 9.47 Å². The summed E-state index contributed by atoms with van der Waals surface area (Å²) in [6, 6.07) is 18.9. The number of benzene rings is 2. The first-order valence-corrected chi connectivity index (χ1v) is 15.3. The third-order valence-electron chi connectivity index (χ3n) is 6.86. The maximum atomic E-state index is 13.1. The van der Waals surface area contributed by atoms with E-state index in [1.165, 1.54) is 9.36 Å². The molecule has 0 aliphatic carbocycles. The van der Waals surface area contributed by atoms with Crippen molar-refractivity contribution >= 4 is 23.8 Å². The van der Waals surface area contributed by atoms with Crippen molar-refractivity contribution in [3.63, 3.8) is 0 Å². The summed E-state index contributed by atoms with van der Waals surface area (Å²) in [6.45, 7) is 4.93. The average Bonchev–Trinajstić information content (AvgIpc) is 3.68. The summed E-state index contributed by atoms with van der Waals surface area (Å²) >= 11 is 0. The van der Waals surface area contributed by atoms with Crippen molar-refractivity contribution in [2.75, 3.05) is 26.3 Å². The van der Waals surface area contributed by atoms with Crippen molar-refractivity contribution in [1.29, 1.82) is 0 Å². The van der Waals surface area contributed by atoms with Gasteiger partial charge in [-0.15, -0.1) is 10.2 Å². The minimum atomic E-state index is -0.706. The van der Waals surface area contributed by atoms with E-state index in [1.54, 1.807) is 13.8 Å². The second kappa shape index (κ2) is 17.2. The fourth-order valence-electron chi connectivity index (χ4n) is 4.66. The summed E-state index contributed by atoms with van der Waals surface area (Å²) in [7, 11) is 0. The van der Waals surface area contributed by atoms with Crippen molar-refractivity contribution in [2.45, 2.75) is 52.6 Å². The lowest BCUT2D eigenvalue weighted by Gasteiger charge is -2.10. The van der Waals surface area contributed by atoms with Crippen molar-refractivity contribution < 1.29 is 28.7 Å². The largest absolute Gasteiger partial charge is 0.461 e. The lowest BCUT2D eigenvalue weighted by molar-refractivity contribution is 0.0507. The highest BCUT2D eigenvalue weighted by Gasteiger charge is 2.27. The molecule has 0 radical (unpaired) electrons. The number of nitrogens with zero attached hydrogens (tertiary/aromatic N) is 6. The van der Waals surface area contributed by atoms with E-state index >= 15 is 0 Å². The number of esters is 2. The molecule has 0 aliphatic heterocycles. The molecule has 2 heterocycles. The lowest BCUT2D eigenvalue weighted by Crippen LogP contribution is -2.30. The van der Waals surface area contributed by atoms with E-state index in [0.717, 1.165) is 24.0 Å². The molecule has 0 spiro atoms. The van der Waals surface area contributed by atoms with E-state index in [0.29, 0.717) is 25.9 Å². The maximum Gasteiger partial charge on any atom is 0.361 e. The van der Waals surface area contributed by atoms with E-state index < -0.39 is 23.8 Å². The van der Waals surface area contributed by atoms with Gasteiger partial charge in [0.2, 0.25) is 11.4 Å². The molecular formula is C32H38N8O6. The lowest BCUT2D eigenvalue weighted by atomic mass is 10.2. The van der Waals surface area contributed by atoms with Crippen molar-refractivity contribution in [3.8, 4) is 0 Å². The third-order valence-corrected chi connectivity index (χ3v) is 6.86. The molecule has 46 heavy (non-hydrogen) atoms. The summed E-state index contributed by atoms with van der Waals surface area (Å²) in [5.41, 5.74) is 1.65. The molecule has 0 saturated heterocycles. The van der Waals surface area contributed by atoms with Gasteiger partial charge in [-0.2, -0.15) is 0 Å². The molecule has 0 fully saturated rings. The number of hydrogen-bond donors (Lipinski definition) is 2. The number of carbonyl (C=O) groups is 4. The predicted molar refractivity (Wildman–Crippen MR) is 166 cm³/mol. The van der Waals surface area contributed by atoms with Gasteiger partial charge in [-0.3, -0.25) is 9.59 Å². The standard InChI is InChI=1S/C32H38N8O6/c1-3-45-31(43)25-27(39(37-35-25)21-23-15-9-7-10-16-23)29(41)33-19-13-5-6-14-20-34-30(42)28-26(32(44)46-4-2)36-38-40(28)22-24-17-11-8-12-18-24/h7-12,15-18H,3-6,13-14,19-22H2,1-2H3,(H,33,41)(H,34,42). The summed E-state index contributed by atoms with van der Waals surface area (Å²) in [5, 5.41) is 21.6. The van der Waals surface area contributed by atoms with Crippen LogP contribution in [0.3, 0.4) is 0 Å². The SMILES string of the molecule is CCOC(=O)c1nnn(Cc2ccccc2)c1C(=O)NCCCCCCNC(=O)c1c(C(=O)OCC)nnn1Cc1ccccc1. The molecule has 242 valence electrons. The molecule has 2 amide bonds. The van der Waals surface area contributed by atoms with Crippen LogP contribution in [-0.4, -0.2) is 80.0 Å². The van der Waals surface area contributed by atoms with Gasteiger partial charge in [-0.1, -0.05) is 83.9 Å². The van der Waals surface area contributed by atoms with Crippen LogP contribution in [0.25, 0.3) is 0 Å². The zero-order chi connectivity index (χ0) is 32.7. The van der Waals surface area contributed by atoms with Gasteiger partial charge in [0.25, 0.3) is 11.8 Å². The minimum absolute atomic E-state index is 0.0493. The normalized spacial score (nSPS) is 10.7. The van der Waals surface area contributed by atoms with Gasteiger partial charge < -0.3 is 20.1 Å². The first kappa shape index (κ1) is 33.5. The third kappa shape index (κ3) is 9.06. The molecular weight excluding hydrogens is 592 g/mol. The van der Waals surface area contributed by atoms with Gasteiger partial charge in [-0.05, 0) is 37.8 Å². The Morgan fingerprint density at radius 2 is 1.00 bits per heavy atom. The molecule has 2 aromatic carbocycles. The summed E-state index contributed by atoms with van der Waals surface area (Å²) < 4.78 is 12.9. The van der Waals surface area contributed by atoms with Crippen molar-refractivity contribution in [2.24, 2.45) is 0 Å². The molecule has 0 bridgehead atoms. The Labute approximate surface area is 266 Å². The van der Waals surface area contributed by atoms with Gasteiger partial charge in [0.15, 0.2) is 11.4 Å². The van der Waals surface area contributed by atoms with Gasteiger partial charge in [0.05, 0.1) is 26.3 Å². The van der Waals surface area contributed by atoms with E-state index in [-0.39, 0.29) is 49.1 Å². The van der Waals surface area contributed by atoms with Crippen LogP contribution in [0.5, 0.6) is 0 Å². The monoisotopic (exact) mass is 630 g/mol. The number of rotatable bonds is 17. The Hall–Kier alpha value is -5.40. The molecule has 2 N–H and O–H groups in total. The molecule has 14 heteroatoms. The Balaban J connectivity index is 1.25. The number of amides is 2. The summed E-state index contributed by atoms with van der Waals surface area (Å²) in [4.78, 5) is 51.1. The number of ether oxygens (including phenoxy) is 2. The Kier molecular flexibility index (Phi) is 12.5. The predicted octanol–water partition coefficient (Wildman–Crippen LogP) is 3.04. The minimum Gasteiger partial charge on any atom is -0.461 e.